The summed E-state index contributed by atoms with van der Waals surface area (Å²) >= 11 is 0. The SMILES string of the molecule is O=C(O)CC(NCCOCCOCCOCCNC(CC(=O)O)C(=O)O)C(=O)O. The number of carboxylic acids is 4. The molecule has 0 spiro atoms. The molecule has 0 fully saturated rings. The van der Waals surface area contributed by atoms with Crippen molar-refractivity contribution in [2.75, 3.05) is 52.7 Å². The van der Waals surface area contributed by atoms with Crippen molar-refractivity contribution in [3.63, 3.8) is 0 Å². The van der Waals surface area contributed by atoms with Crippen LogP contribution in [0.2, 0.25) is 0 Å². The molecular weight excluding hydrogens is 396 g/mol. The zero-order valence-corrected chi connectivity index (χ0v) is 15.9. The van der Waals surface area contributed by atoms with E-state index in [-0.39, 0.29) is 52.7 Å². The molecule has 0 heterocycles. The number of hydrogen-bond donors (Lipinski definition) is 6. The van der Waals surface area contributed by atoms with Crippen molar-refractivity contribution in [2.24, 2.45) is 0 Å². The van der Waals surface area contributed by atoms with Gasteiger partial charge in [0.1, 0.15) is 12.1 Å². The van der Waals surface area contributed by atoms with Crippen molar-refractivity contribution < 1.29 is 53.8 Å². The molecule has 168 valence electrons. The molecule has 0 aromatic heterocycles. The molecule has 0 aromatic carbocycles. The highest BCUT2D eigenvalue weighted by Crippen LogP contribution is 1.93. The standard InChI is InChI=1S/C16H28N2O11/c19-13(20)9-11(15(23)24)17-1-3-27-5-7-29-8-6-28-4-2-18-12(16(25)26)10-14(21)22/h11-12,17-18H,1-10H2,(H,19,20)(H,21,22)(H,23,24)(H,25,26). The van der Waals surface area contributed by atoms with Gasteiger partial charge in [-0.15, -0.1) is 0 Å². The zero-order valence-electron chi connectivity index (χ0n) is 15.9. The Labute approximate surface area is 166 Å². The Morgan fingerprint density at radius 2 is 0.897 bits per heavy atom. The van der Waals surface area contributed by atoms with Gasteiger partial charge in [0, 0.05) is 13.1 Å². The first kappa shape index (κ1) is 26.7. The van der Waals surface area contributed by atoms with Gasteiger partial charge in [-0.1, -0.05) is 0 Å². The number of aliphatic carboxylic acids is 4. The minimum absolute atomic E-state index is 0.180. The zero-order chi connectivity index (χ0) is 22.1. The van der Waals surface area contributed by atoms with Crippen molar-refractivity contribution in [3.8, 4) is 0 Å². The molecule has 2 atom stereocenters. The van der Waals surface area contributed by atoms with Crippen molar-refractivity contribution in [2.45, 2.75) is 24.9 Å². The fourth-order valence-corrected chi connectivity index (χ4v) is 2.00. The minimum Gasteiger partial charge on any atom is -0.481 e. The maximum absolute atomic E-state index is 10.8. The maximum Gasteiger partial charge on any atom is 0.321 e. The molecule has 0 bridgehead atoms. The molecule has 0 rings (SSSR count). The number of carbonyl (C=O) groups is 4. The van der Waals surface area contributed by atoms with Crippen LogP contribution in [0.25, 0.3) is 0 Å². The molecule has 13 heteroatoms. The van der Waals surface area contributed by atoms with Gasteiger partial charge in [-0.3, -0.25) is 19.2 Å². The number of nitrogens with one attached hydrogen (secondary N) is 2. The lowest BCUT2D eigenvalue weighted by atomic mass is 10.2. The highest BCUT2D eigenvalue weighted by Gasteiger charge is 2.20. The summed E-state index contributed by atoms with van der Waals surface area (Å²) in [6.07, 6.45) is -1.05. The second kappa shape index (κ2) is 16.6. The average molecular weight is 424 g/mol. The fraction of sp³-hybridized carbons (Fsp3) is 0.750. The summed E-state index contributed by atoms with van der Waals surface area (Å²) in [6.45, 7) is 1.81. The van der Waals surface area contributed by atoms with Gasteiger partial charge >= 0.3 is 23.9 Å². The van der Waals surface area contributed by atoms with Gasteiger partial charge in [0.15, 0.2) is 0 Å². The summed E-state index contributed by atoms with van der Waals surface area (Å²) in [7, 11) is 0. The number of ether oxygens (including phenoxy) is 3. The van der Waals surface area contributed by atoms with Crippen LogP contribution in [0.5, 0.6) is 0 Å². The van der Waals surface area contributed by atoms with Crippen LogP contribution >= 0.6 is 0 Å². The lowest BCUT2D eigenvalue weighted by Gasteiger charge is -2.13. The van der Waals surface area contributed by atoms with Gasteiger partial charge in [0.2, 0.25) is 0 Å². The van der Waals surface area contributed by atoms with E-state index >= 15 is 0 Å². The van der Waals surface area contributed by atoms with Crippen LogP contribution in [-0.4, -0.2) is 109 Å². The molecule has 0 radical (unpaired) electrons. The Balaban J connectivity index is 3.51. The Bertz CT molecular complexity index is 471. The van der Waals surface area contributed by atoms with Crippen LogP contribution < -0.4 is 10.6 Å². The molecule has 0 saturated heterocycles. The molecule has 0 amide bonds. The molecule has 0 aliphatic rings. The molecule has 29 heavy (non-hydrogen) atoms. The van der Waals surface area contributed by atoms with Crippen molar-refractivity contribution in [3.05, 3.63) is 0 Å². The topological polar surface area (TPSA) is 201 Å². The van der Waals surface area contributed by atoms with Gasteiger partial charge in [-0.25, -0.2) is 0 Å². The van der Waals surface area contributed by atoms with E-state index in [0.717, 1.165) is 0 Å². The first-order valence-corrected chi connectivity index (χ1v) is 8.83. The number of rotatable bonds is 20. The molecular formula is C16H28N2O11. The maximum atomic E-state index is 10.8. The Kier molecular flexibility index (Phi) is 15.3. The van der Waals surface area contributed by atoms with E-state index in [1.165, 1.54) is 0 Å². The highest BCUT2D eigenvalue weighted by molar-refractivity contribution is 5.81. The summed E-state index contributed by atoms with van der Waals surface area (Å²) in [5.74, 6) is -4.91. The first-order valence-electron chi connectivity index (χ1n) is 8.83. The Morgan fingerprint density at radius 1 is 0.586 bits per heavy atom. The highest BCUT2D eigenvalue weighted by atomic mass is 16.5. The van der Waals surface area contributed by atoms with E-state index < -0.39 is 48.8 Å². The van der Waals surface area contributed by atoms with Crippen molar-refractivity contribution in [1.29, 1.82) is 0 Å². The Morgan fingerprint density at radius 3 is 1.17 bits per heavy atom. The van der Waals surface area contributed by atoms with E-state index in [4.69, 9.17) is 34.6 Å². The van der Waals surface area contributed by atoms with E-state index in [0.29, 0.717) is 0 Å². The summed E-state index contributed by atoms with van der Waals surface area (Å²) < 4.78 is 15.7. The van der Waals surface area contributed by atoms with Crippen molar-refractivity contribution >= 4 is 23.9 Å². The molecule has 2 unspecified atom stereocenters. The molecule has 0 aromatic rings. The van der Waals surface area contributed by atoms with Gasteiger partial charge in [-0.2, -0.15) is 0 Å². The van der Waals surface area contributed by atoms with E-state index in [9.17, 15) is 19.2 Å². The summed E-state index contributed by atoms with van der Waals surface area (Å²) in [4.78, 5) is 42.7. The summed E-state index contributed by atoms with van der Waals surface area (Å²) in [6, 6.07) is -2.34. The lowest BCUT2D eigenvalue weighted by Crippen LogP contribution is -2.40. The summed E-state index contributed by atoms with van der Waals surface area (Å²) in [5, 5.41) is 40.0. The van der Waals surface area contributed by atoms with Gasteiger partial charge in [0.05, 0.1) is 52.5 Å². The predicted octanol–water partition coefficient (Wildman–Crippen LogP) is -1.93. The van der Waals surface area contributed by atoms with Crippen LogP contribution in [-0.2, 0) is 33.4 Å². The average Bonchev–Trinajstić information content (AvgIpc) is 2.62. The van der Waals surface area contributed by atoms with E-state index in [2.05, 4.69) is 10.6 Å². The van der Waals surface area contributed by atoms with Crippen LogP contribution in [0.3, 0.4) is 0 Å². The molecule has 0 saturated carbocycles. The van der Waals surface area contributed by atoms with Crippen LogP contribution in [0, 0.1) is 0 Å². The van der Waals surface area contributed by atoms with Gasteiger partial charge in [0.25, 0.3) is 0 Å². The van der Waals surface area contributed by atoms with Crippen LogP contribution in [0.15, 0.2) is 0 Å². The largest absolute Gasteiger partial charge is 0.481 e. The monoisotopic (exact) mass is 424 g/mol. The number of carboxylic acid groups (broad SMARTS) is 4. The minimum atomic E-state index is -1.24. The molecule has 6 N–H and O–H groups in total. The van der Waals surface area contributed by atoms with Gasteiger partial charge < -0.3 is 45.3 Å². The normalized spacial score (nSPS) is 13.0. The molecule has 0 aliphatic heterocycles. The quantitative estimate of drug-likeness (QED) is 0.118. The van der Waals surface area contributed by atoms with Crippen LogP contribution in [0.4, 0.5) is 0 Å². The third kappa shape index (κ3) is 16.3. The molecule has 13 nitrogen and oxygen atoms in total. The first-order chi connectivity index (χ1) is 13.7. The van der Waals surface area contributed by atoms with Crippen molar-refractivity contribution in [1.82, 2.24) is 10.6 Å². The third-order valence-corrected chi connectivity index (χ3v) is 3.37. The molecule has 0 aliphatic carbocycles. The fourth-order valence-electron chi connectivity index (χ4n) is 2.00. The summed E-state index contributed by atoms with van der Waals surface area (Å²) in [5.41, 5.74) is 0. The second-order valence-electron chi connectivity index (χ2n) is 5.72. The number of hydrogen-bond acceptors (Lipinski definition) is 9. The lowest BCUT2D eigenvalue weighted by molar-refractivity contribution is -0.146. The van der Waals surface area contributed by atoms with E-state index in [1.54, 1.807) is 0 Å². The van der Waals surface area contributed by atoms with Crippen LogP contribution in [0.1, 0.15) is 12.8 Å². The van der Waals surface area contributed by atoms with Gasteiger partial charge in [-0.05, 0) is 0 Å². The smallest absolute Gasteiger partial charge is 0.321 e. The predicted molar refractivity (Wildman–Crippen MR) is 95.8 cm³/mol. The second-order valence-corrected chi connectivity index (χ2v) is 5.72. The third-order valence-electron chi connectivity index (χ3n) is 3.37. The Hall–Kier alpha value is -2.32. The van der Waals surface area contributed by atoms with E-state index in [1.807, 2.05) is 0 Å².